The maximum Gasteiger partial charge on any atom is 0.476 e. The summed E-state index contributed by atoms with van der Waals surface area (Å²) in [7, 11) is -0.347. The third kappa shape index (κ3) is 2.27. The minimum atomic E-state index is -0.347. The molecule has 3 saturated carbocycles. The smallest absolute Gasteiger partial charge is 0.464 e. The highest BCUT2D eigenvalue weighted by Crippen LogP contribution is 2.54. The molecule has 2 aromatic rings. The molecule has 1 aliphatic heterocycles. The van der Waals surface area contributed by atoms with Crippen LogP contribution in [0.15, 0.2) is 28.9 Å². The fourth-order valence-corrected chi connectivity index (χ4v) is 5.37. The number of fused-ring (bicyclic) bond motifs is 1. The molecule has 1 aromatic carbocycles. The first kappa shape index (κ1) is 15.6. The van der Waals surface area contributed by atoms with E-state index < -0.39 is 0 Å². The average molecular weight is 365 g/mol. The standard InChI is InChI=1S/C18H19BCl2O3/c1-9-10-5-12(9)18-15(6-10)23-19(24-18)16(21)7-11-8-22-14-4-2-3-13(20)17(11)14/h2-4,8-10,12,15-16,18H,5-7H2,1H3/t9?,10?,12?,15-,16?,18?/m1/s1. The highest BCUT2D eigenvalue weighted by atomic mass is 35.5. The molecule has 126 valence electrons. The van der Waals surface area contributed by atoms with E-state index in [0.717, 1.165) is 34.8 Å². The Balaban J connectivity index is 1.33. The maximum absolute atomic E-state index is 6.66. The zero-order valence-electron chi connectivity index (χ0n) is 13.5. The van der Waals surface area contributed by atoms with Gasteiger partial charge in [-0.1, -0.05) is 24.6 Å². The van der Waals surface area contributed by atoms with E-state index in [1.54, 1.807) is 6.26 Å². The van der Waals surface area contributed by atoms with Gasteiger partial charge in [0.05, 0.1) is 28.8 Å². The van der Waals surface area contributed by atoms with E-state index in [1.807, 2.05) is 18.2 Å². The van der Waals surface area contributed by atoms with Crippen LogP contribution in [0, 0.1) is 17.8 Å². The quantitative estimate of drug-likeness (QED) is 0.583. The Kier molecular flexibility index (Phi) is 3.68. The number of alkyl halides is 1. The molecule has 6 atom stereocenters. The molecule has 2 bridgehead atoms. The van der Waals surface area contributed by atoms with Crippen molar-refractivity contribution < 1.29 is 13.7 Å². The monoisotopic (exact) mass is 364 g/mol. The maximum atomic E-state index is 6.66. The van der Waals surface area contributed by atoms with Crippen molar-refractivity contribution in [2.24, 2.45) is 17.8 Å². The molecule has 5 unspecified atom stereocenters. The van der Waals surface area contributed by atoms with Gasteiger partial charge >= 0.3 is 7.12 Å². The van der Waals surface area contributed by atoms with Crippen LogP contribution in [-0.4, -0.2) is 24.6 Å². The van der Waals surface area contributed by atoms with Crippen molar-refractivity contribution in [2.45, 2.75) is 43.7 Å². The van der Waals surface area contributed by atoms with Gasteiger partial charge in [0.2, 0.25) is 0 Å². The van der Waals surface area contributed by atoms with Gasteiger partial charge in [0.1, 0.15) is 5.58 Å². The SMILES string of the molecule is CC1C2CC1C1OB(C(Cl)Cc3coc4cccc(Cl)c34)O[C@@H]1C2. The van der Waals surface area contributed by atoms with E-state index in [2.05, 4.69) is 6.92 Å². The minimum absolute atomic E-state index is 0.223. The molecule has 0 spiro atoms. The van der Waals surface area contributed by atoms with E-state index in [4.69, 9.17) is 36.9 Å². The fraction of sp³-hybridized carbons (Fsp3) is 0.556. The Morgan fingerprint density at radius 1 is 1.29 bits per heavy atom. The summed E-state index contributed by atoms with van der Waals surface area (Å²) in [5.74, 6) is 2.22. The van der Waals surface area contributed by atoms with Crippen LogP contribution in [0.2, 0.25) is 5.02 Å². The second-order valence-corrected chi connectivity index (χ2v) is 8.46. The van der Waals surface area contributed by atoms with Crippen molar-refractivity contribution in [3.63, 3.8) is 0 Å². The number of halogens is 2. The molecule has 6 rings (SSSR count). The van der Waals surface area contributed by atoms with Crippen molar-refractivity contribution in [3.05, 3.63) is 35.0 Å². The Hall–Kier alpha value is -0.675. The molecule has 4 fully saturated rings. The van der Waals surface area contributed by atoms with Crippen LogP contribution in [0.25, 0.3) is 11.0 Å². The van der Waals surface area contributed by atoms with Crippen LogP contribution in [0.3, 0.4) is 0 Å². The number of hydrogen-bond acceptors (Lipinski definition) is 3. The van der Waals surface area contributed by atoms with Crippen molar-refractivity contribution in [1.82, 2.24) is 0 Å². The summed E-state index contributed by atoms with van der Waals surface area (Å²) in [6.07, 6.45) is 5.21. The highest BCUT2D eigenvalue weighted by Gasteiger charge is 2.57. The van der Waals surface area contributed by atoms with E-state index >= 15 is 0 Å². The highest BCUT2D eigenvalue weighted by molar-refractivity contribution is 6.59. The van der Waals surface area contributed by atoms with Gasteiger partial charge < -0.3 is 13.7 Å². The summed E-state index contributed by atoms with van der Waals surface area (Å²) in [5.41, 5.74) is 1.80. The molecule has 2 heterocycles. The second-order valence-electron chi connectivity index (χ2n) is 7.49. The molecule has 0 amide bonds. The molecule has 24 heavy (non-hydrogen) atoms. The zero-order chi connectivity index (χ0) is 16.4. The Labute approximate surface area is 151 Å². The zero-order valence-corrected chi connectivity index (χ0v) is 15.0. The van der Waals surface area contributed by atoms with Crippen molar-refractivity contribution in [2.75, 3.05) is 0 Å². The van der Waals surface area contributed by atoms with Gasteiger partial charge in [-0.05, 0) is 49.1 Å². The molecule has 3 aliphatic carbocycles. The Bertz CT molecular complexity index is 779. The molecule has 1 saturated heterocycles. The Morgan fingerprint density at radius 3 is 3.00 bits per heavy atom. The molecular weight excluding hydrogens is 346 g/mol. The van der Waals surface area contributed by atoms with Crippen LogP contribution in [0.1, 0.15) is 25.3 Å². The van der Waals surface area contributed by atoms with E-state index in [-0.39, 0.29) is 24.6 Å². The second kappa shape index (κ2) is 5.67. The number of rotatable bonds is 3. The predicted octanol–water partition coefficient (Wildman–Crippen LogP) is 4.72. The van der Waals surface area contributed by atoms with E-state index in [1.165, 1.54) is 6.42 Å². The van der Waals surface area contributed by atoms with E-state index in [9.17, 15) is 0 Å². The summed E-state index contributed by atoms with van der Waals surface area (Å²) >= 11 is 13.0. The van der Waals surface area contributed by atoms with Crippen LogP contribution in [-0.2, 0) is 15.7 Å². The molecule has 6 heteroatoms. The summed E-state index contributed by atoms with van der Waals surface area (Å²) in [5, 5.41) is 1.38. The lowest BCUT2D eigenvalue weighted by Crippen LogP contribution is -2.53. The van der Waals surface area contributed by atoms with Gasteiger partial charge in [-0.2, -0.15) is 0 Å². The summed E-state index contributed by atoms with van der Waals surface area (Å²) in [6.45, 7) is 2.34. The van der Waals surface area contributed by atoms with Crippen LogP contribution < -0.4 is 0 Å². The van der Waals surface area contributed by atoms with Gasteiger partial charge in [0, 0.05) is 10.9 Å². The van der Waals surface area contributed by atoms with Gasteiger partial charge in [-0.3, -0.25) is 0 Å². The first-order valence-corrected chi connectivity index (χ1v) is 9.53. The average Bonchev–Trinajstić information content (AvgIpc) is 3.18. The Morgan fingerprint density at radius 2 is 2.17 bits per heavy atom. The fourth-order valence-electron chi connectivity index (χ4n) is 4.80. The lowest BCUT2D eigenvalue weighted by molar-refractivity contribution is -0.0913. The first-order valence-electron chi connectivity index (χ1n) is 8.71. The van der Waals surface area contributed by atoms with Crippen molar-refractivity contribution in [1.29, 1.82) is 0 Å². The van der Waals surface area contributed by atoms with Crippen LogP contribution in [0.5, 0.6) is 0 Å². The largest absolute Gasteiger partial charge is 0.476 e. The molecule has 0 N–H and O–H groups in total. The number of hydrogen-bond donors (Lipinski definition) is 0. The normalized spacial score (nSPS) is 35.8. The number of furan rings is 1. The number of benzene rings is 1. The third-order valence-electron chi connectivity index (χ3n) is 6.25. The predicted molar refractivity (Wildman–Crippen MR) is 95.4 cm³/mol. The van der Waals surface area contributed by atoms with Crippen LogP contribution in [0.4, 0.5) is 0 Å². The van der Waals surface area contributed by atoms with Crippen molar-refractivity contribution in [3.8, 4) is 0 Å². The molecule has 3 nitrogen and oxygen atoms in total. The first-order chi connectivity index (χ1) is 11.6. The third-order valence-corrected chi connectivity index (χ3v) is 6.93. The lowest BCUT2D eigenvalue weighted by atomic mass is 9.56. The van der Waals surface area contributed by atoms with E-state index in [0.29, 0.717) is 17.4 Å². The van der Waals surface area contributed by atoms with Gasteiger partial charge in [-0.25, -0.2) is 0 Å². The van der Waals surface area contributed by atoms with Crippen molar-refractivity contribution >= 4 is 41.3 Å². The topological polar surface area (TPSA) is 31.6 Å². The van der Waals surface area contributed by atoms with Gasteiger partial charge in [0.25, 0.3) is 0 Å². The minimum Gasteiger partial charge on any atom is -0.464 e. The molecule has 1 aromatic heterocycles. The summed E-state index contributed by atoms with van der Waals surface area (Å²) in [6, 6.07) is 5.68. The summed E-state index contributed by atoms with van der Waals surface area (Å²) < 4.78 is 18.0. The van der Waals surface area contributed by atoms with Gasteiger partial charge in [0.15, 0.2) is 0 Å². The van der Waals surface area contributed by atoms with Gasteiger partial charge in [-0.15, -0.1) is 11.6 Å². The lowest BCUT2D eigenvalue weighted by Gasteiger charge is -2.53. The molecular formula is C18H19BCl2O3. The molecule has 4 aliphatic rings. The molecule has 0 radical (unpaired) electrons. The van der Waals surface area contributed by atoms with Crippen LogP contribution >= 0.6 is 23.2 Å². The summed E-state index contributed by atoms with van der Waals surface area (Å²) in [4.78, 5) is 0.